The van der Waals surface area contributed by atoms with Gasteiger partial charge in [-0.1, -0.05) is 30.3 Å². The van der Waals surface area contributed by atoms with Gasteiger partial charge in [-0.25, -0.2) is 4.79 Å². The number of ether oxygens (including phenoxy) is 2. The van der Waals surface area contributed by atoms with Crippen molar-refractivity contribution in [2.75, 3.05) is 6.61 Å². The number of aryl methyl sites for hydroxylation is 1. The van der Waals surface area contributed by atoms with Gasteiger partial charge >= 0.3 is 12.6 Å². The number of benzene rings is 2. The molecule has 27 heavy (non-hydrogen) atoms. The summed E-state index contributed by atoms with van der Waals surface area (Å²) in [6.07, 6.45) is 2.77. The summed E-state index contributed by atoms with van der Waals surface area (Å²) >= 11 is 0. The Labute approximate surface area is 155 Å². The van der Waals surface area contributed by atoms with Crippen LogP contribution in [-0.2, 0) is 16.0 Å². The zero-order valence-corrected chi connectivity index (χ0v) is 14.5. The first-order chi connectivity index (χ1) is 13.0. The van der Waals surface area contributed by atoms with Crippen LogP contribution >= 0.6 is 0 Å². The molecule has 7 heteroatoms. The molecule has 1 amide bonds. The molecule has 0 heterocycles. The molecule has 1 N–H and O–H groups in total. The van der Waals surface area contributed by atoms with Crippen LogP contribution in [-0.4, -0.2) is 25.1 Å². The Balaban J connectivity index is 1.55. The van der Waals surface area contributed by atoms with Crippen molar-refractivity contribution in [1.82, 2.24) is 5.32 Å². The van der Waals surface area contributed by atoms with Crippen molar-refractivity contribution >= 4 is 11.9 Å². The number of esters is 1. The largest absolute Gasteiger partial charge is 0.452 e. The van der Waals surface area contributed by atoms with Crippen LogP contribution in [0.25, 0.3) is 0 Å². The Morgan fingerprint density at radius 1 is 1.15 bits per heavy atom. The maximum absolute atomic E-state index is 12.2. The van der Waals surface area contributed by atoms with Gasteiger partial charge in [0.15, 0.2) is 6.61 Å². The van der Waals surface area contributed by atoms with Gasteiger partial charge in [0, 0.05) is 0 Å². The van der Waals surface area contributed by atoms with Gasteiger partial charge in [-0.15, -0.1) is 0 Å². The van der Waals surface area contributed by atoms with Crippen molar-refractivity contribution in [2.24, 2.45) is 0 Å². The highest BCUT2D eigenvalue weighted by Gasteiger charge is 2.22. The van der Waals surface area contributed by atoms with Crippen LogP contribution in [0, 0.1) is 0 Å². The van der Waals surface area contributed by atoms with E-state index in [1.54, 1.807) is 0 Å². The average molecular weight is 375 g/mol. The van der Waals surface area contributed by atoms with E-state index >= 15 is 0 Å². The van der Waals surface area contributed by atoms with Crippen LogP contribution in [0.15, 0.2) is 48.5 Å². The van der Waals surface area contributed by atoms with E-state index in [1.165, 1.54) is 23.8 Å². The number of hydrogen-bond acceptors (Lipinski definition) is 4. The molecule has 2 aromatic carbocycles. The highest BCUT2D eigenvalue weighted by atomic mass is 19.3. The molecule has 0 spiro atoms. The number of amides is 1. The quantitative estimate of drug-likeness (QED) is 0.783. The van der Waals surface area contributed by atoms with E-state index in [-0.39, 0.29) is 17.4 Å². The fourth-order valence-corrected chi connectivity index (χ4v) is 3.15. The lowest BCUT2D eigenvalue weighted by Crippen LogP contribution is -2.34. The Hall–Kier alpha value is -2.96. The standard InChI is InChI=1S/C20H19F2NO4/c21-20(22)27-15-8-3-7-14(11-15)19(25)26-12-18(24)23-17-10-4-6-13-5-1-2-9-16(13)17/h1-3,5,7-9,11,17,20H,4,6,10,12H2,(H,23,24)/t17-/m0/s1. The molecule has 0 unspecified atom stereocenters. The minimum atomic E-state index is -2.99. The Morgan fingerprint density at radius 2 is 1.96 bits per heavy atom. The van der Waals surface area contributed by atoms with Gasteiger partial charge in [-0.3, -0.25) is 4.79 Å². The first kappa shape index (κ1) is 18.8. The predicted octanol–water partition coefficient (Wildman–Crippen LogP) is 3.64. The van der Waals surface area contributed by atoms with Crippen LogP contribution in [0.4, 0.5) is 8.78 Å². The Morgan fingerprint density at radius 3 is 2.78 bits per heavy atom. The summed E-state index contributed by atoms with van der Waals surface area (Å²) < 4.78 is 33.7. The summed E-state index contributed by atoms with van der Waals surface area (Å²) in [4.78, 5) is 24.2. The number of halogens is 2. The molecule has 1 atom stereocenters. The molecular weight excluding hydrogens is 356 g/mol. The number of carbonyl (C=O) groups excluding carboxylic acids is 2. The molecule has 0 fully saturated rings. The topological polar surface area (TPSA) is 64.6 Å². The van der Waals surface area contributed by atoms with Gasteiger partial charge in [0.25, 0.3) is 5.91 Å². The third kappa shape index (κ3) is 5.03. The molecule has 1 aliphatic carbocycles. The molecule has 0 radical (unpaired) electrons. The summed E-state index contributed by atoms with van der Waals surface area (Å²) in [7, 11) is 0. The van der Waals surface area contributed by atoms with E-state index in [9.17, 15) is 18.4 Å². The van der Waals surface area contributed by atoms with Crippen LogP contribution in [0.1, 0.15) is 40.4 Å². The second-order valence-corrected chi connectivity index (χ2v) is 6.19. The minimum Gasteiger partial charge on any atom is -0.452 e. The summed E-state index contributed by atoms with van der Waals surface area (Å²) in [5.74, 6) is -1.35. The van der Waals surface area contributed by atoms with Gasteiger partial charge in [0.05, 0.1) is 11.6 Å². The number of carbonyl (C=O) groups is 2. The molecule has 0 saturated heterocycles. The third-order valence-corrected chi connectivity index (χ3v) is 4.33. The first-order valence-electron chi connectivity index (χ1n) is 8.62. The molecule has 0 aromatic heterocycles. The summed E-state index contributed by atoms with van der Waals surface area (Å²) in [5, 5.41) is 2.88. The monoisotopic (exact) mass is 375 g/mol. The number of nitrogens with one attached hydrogen (secondary N) is 1. The zero-order valence-electron chi connectivity index (χ0n) is 14.5. The lowest BCUT2D eigenvalue weighted by molar-refractivity contribution is -0.125. The van der Waals surface area contributed by atoms with Crippen molar-refractivity contribution in [2.45, 2.75) is 31.9 Å². The number of rotatable bonds is 6. The number of alkyl halides is 2. The van der Waals surface area contributed by atoms with E-state index < -0.39 is 25.1 Å². The molecule has 0 saturated carbocycles. The summed E-state index contributed by atoms with van der Waals surface area (Å²) in [6, 6.07) is 13.1. The third-order valence-electron chi connectivity index (χ3n) is 4.33. The van der Waals surface area contributed by atoms with E-state index in [4.69, 9.17) is 4.74 Å². The first-order valence-corrected chi connectivity index (χ1v) is 8.62. The fourth-order valence-electron chi connectivity index (χ4n) is 3.15. The summed E-state index contributed by atoms with van der Waals surface area (Å²) in [5.41, 5.74) is 2.33. The lowest BCUT2D eigenvalue weighted by atomic mass is 9.88. The van der Waals surface area contributed by atoms with Gasteiger partial charge < -0.3 is 14.8 Å². The van der Waals surface area contributed by atoms with E-state index in [0.717, 1.165) is 30.9 Å². The smallest absolute Gasteiger partial charge is 0.387 e. The molecule has 0 aliphatic heterocycles. The molecule has 0 bridgehead atoms. The van der Waals surface area contributed by atoms with Gasteiger partial charge in [-0.2, -0.15) is 8.78 Å². The molecule has 5 nitrogen and oxygen atoms in total. The second-order valence-electron chi connectivity index (χ2n) is 6.19. The van der Waals surface area contributed by atoms with E-state index in [2.05, 4.69) is 10.1 Å². The summed E-state index contributed by atoms with van der Waals surface area (Å²) in [6.45, 7) is -3.43. The second kappa shape index (κ2) is 8.62. The Kier molecular flexibility index (Phi) is 6.01. The fraction of sp³-hybridized carbons (Fsp3) is 0.300. The van der Waals surface area contributed by atoms with Gasteiger partial charge in [0.2, 0.25) is 0 Å². The predicted molar refractivity (Wildman–Crippen MR) is 93.6 cm³/mol. The van der Waals surface area contributed by atoms with Gasteiger partial charge in [-0.05, 0) is 48.6 Å². The van der Waals surface area contributed by atoms with Crippen molar-refractivity contribution in [3.63, 3.8) is 0 Å². The van der Waals surface area contributed by atoms with Crippen molar-refractivity contribution < 1.29 is 27.8 Å². The maximum Gasteiger partial charge on any atom is 0.387 e. The molecular formula is C20H19F2NO4. The highest BCUT2D eigenvalue weighted by Crippen LogP contribution is 2.29. The molecule has 3 rings (SSSR count). The van der Waals surface area contributed by atoms with E-state index in [1.807, 2.05) is 24.3 Å². The highest BCUT2D eigenvalue weighted by molar-refractivity contribution is 5.91. The lowest BCUT2D eigenvalue weighted by Gasteiger charge is -2.26. The van der Waals surface area contributed by atoms with Crippen LogP contribution in [0.3, 0.4) is 0 Å². The van der Waals surface area contributed by atoms with Crippen LogP contribution in [0.5, 0.6) is 5.75 Å². The normalized spacial score (nSPS) is 15.7. The molecule has 1 aliphatic rings. The van der Waals surface area contributed by atoms with Crippen LogP contribution in [0.2, 0.25) is 0 Å². The molecule has 2 aromatic rings. The SMILES string of the molecule is O=C(COC(=O)c1cccc(OC(F)F)c1)N[C@H]1CCCc2ccccc21. The zero-order chi connectivity index (χ0) is 19.2. The minimum absolute atomic E-state index is 0.0314. The van der Waals surface area contributed by atoms with Crippen LogP contribution < -0.4 is 10.1 Å². The Bertz CT molecular complexity index is 825. The van der Waals surface area contributed by atoms with Crippen molar-refractivity contribution in [3.8, 4) is 5.75 Å². The number of hydrogen-bond donors (Lipinski definition) is 1. The van der Waals surface area contributed by atoms with Crippen molar-refractivity contribution in [3.05, 3.63) is 65.2 Å². The number of fused-ring (bicyclic) bond motifs is 1. The maximum atomic E-state index is 12.2. The average Bonchev–Trinajstić information content (AvgIpc) is 2.66. The molecule has 142 valence electrons. The van der Waals surface area contributed by atoms with E-state index in [0.29, 0.717) is 0 Å². The van der Waals surface area contributed by atoms with Crippen molar-refractivity contribution in [1.29, 1.82) is 0 Å². The van der Waals surface area contributed by atoms with Gasteiger partial charge in [0.1, 0.15) is 5.75 Å².